The Morgan fingerprint density at radius 3 is 2.25 bits per heavy atom. The van der Waals surface area contributed by atoms with E-state index in [1.807, 2.05) is 18.7 Å². The summed E-state index contributed by atoms with van der Waals surface area (Å²) in [6.07, 6.45) is 2.07. The molecule has 2 aliphatic heterocycles. The number of hydrogen-bond acceptors (Lipinski definition) is 3. The van der Waals surface area contributed by atoms with Crippen molar-refractivity contribution in [2.75, 3.05) is 26.3 Å². The molecule has 0 aromatic heterocycles. The fourth-order valence-electron chi connectivity index (χ4n) is 2.56. The molecular weight excluding hydrogens is 206 g/mol. The Morgan fingerprint density at radius 1 is 1.12 bits per heavy atom. The van der Waals surface area contributed by atoms with Crippen molar-refractivity contribution in [1.29, 1.82) is 0 Å². The SMILES string of the molecule is CC1CN(C(=O)C2CCOCC2)CC(C)O1. The molecule has 2 rings (SSSR count). The monoisotopic (exact) mass is 227 g/mol. The lowest BCUT2D eigenvalue weighted by Gasteiger charge is -2.37. The third-order valence-corrected chi connectivity index (χ3v) is 3.30. The third-order valence-electron chi connectivity index (χ3n) is 3.30. The number of rotatable bonds is 1. The van der Waals surface area contributed by atoms with Crippen LogP contribution in [0.15, 0.2) is 0 Å². The number of hydrogen-bond donors (Lipinski definition) is 0. The van der Waals surface area contributed by atoms with Gasteiger partial charge in [0.05, 0.1) is 12.2 Å². The number of nitrogens with zero attached hydrogens (tertiary/aromatic N) is 1. The van der Waals surface area contributed by atoms with Gasteiger partial charge in [0.1, 0.15) is 0 Å². The lowest BCUT2D eigenvalue weighted by Crippen LogP contribution is -2.50. The van der Waals surface area contributed by atoms with Crippen molar-refractivity contribution in [2.24, 2.45) is 5.92 Å². The zero-order valence-electron chi connectivity index (χ0n) is 10.1. The van der Waals surface area contributed by atoms with Gasteiger partial charge in [-0.25, -0.2) is 0 Å². The first-order chi connectivity index (χ1) is 7.66. The quantitative estimate of drug-likeness (QED) is 0.672. The molecule has 0 spiro atoms. The molecule has 4 heteroatoms. The van der Waals surface area contributed by atoms with E-state index in [4.69, 9.17) is 9.47 Å². The molecule has 0 aliphatic carbocycles. The van der Waals surface area contributed by atoms with E-state index in [2.05, 4.69) is 0 Å². The van der Waals surface area contributed by atoms with Crippen LogP contribution in [0.4, 0.5) is 0 Å². The van der Waals surface area contributed by atoms with Crippen LogP contribution in [-0.4, -0.2) is 49.3 Å². The summed E-state index contributed by atoms with van der Waals surface area (Å²) >= 11 is 0. The zero-order valence-corrected chi connectivity index (χ0v) is 10.1. The van der Waals surface area contributed by atoms with Crippen molar-refractivity contribution in [2.45, 2.75) is 38.9 Å². The fourth-order valence-corrected chi connectivity index (χ4v) is 2.56. The fraction of sp³-hybridized carbons (Fsp3) is 0.917. The van der Waals surface area contributed by atoms with Gasteiger partial charge in [-0.05, 0) is 26.7 Å². The number of carbonyl (C=O) groups excluding carboxylic acids is 1. The van der Waals surface area contributed by atoms with Crippen LogP contribution >= 0.6 is 0 Å². The van der Waals surface area contributed by atoms with Gasteiger partial charge in [-0.3, -0.25) is 4.79 Å². The summed E-state index contributed by atoms with van der Waals surface area (Å²) in [5, 5.41) is 0. The van der Waals surface area contributed by atoms with E-state index in [1.165, 1.54) is 0 Å². The number of ether oxygens (including phenoxy) is 2. The van der Waals surface area contributed by atoms with Gasteiger partial charge in [0.15, 0.2) is 0 Å². The van der Waals surface area contributed by atoms with E-state index in [1.54, 1.807) is 0 Å². The number of carbonyl (C=O) groups is 1. The Labute approximate surface area is 96.9 Å². The summed E-state index contributed by atoms with van der Waals surface area (Å²) in [4.78, 5) is 14.2. The van der Waals surface area contributed by atoms with Crippen molar-refractivity contribution in [3.8, 4) is 0 Å². The maximum atomic E-state index is 12.3. The van der Waals surface area contributed by atoms with Gasteiger partial charge in [-0.1, -0.05) is 0 Å². The molecular formula is C12H21NO3. The summed E-state index contributed by atoms with van der Waals surface area (Å²) in [6.45, 7) is 6.98. The average molecular weight is 227 g/mol. The van der Waals surface area contributed by atoms with Gasteiger partial charge in [0.25, 0.3) is 0 Å². The molecule has 0 N–H and O–H groups in total. The van der Waals surface area contributed by atoms with Gasteiger partial charge < -0.3 is 14.4 Å². The van der Waals surface area contributed by atoms with Gasteiger partial charge in [0, 0.05) is 32.2 Å². The molecule has 4 nitrogen and oxygen atoms in total. The number of amides is 1. The first-order valence-electron chi connectivity index (χ1n) is 6.19. The molecule has 0 aromatic rings. The van der Waals surface area contributed by atoms with Gasteiger partial charge in [-0.15, -0.1) is 0 Å². The smallest absolute Gasteiger partial charge is 0.226 e. The lowest BCUT2D eigenvalue weighted by molar-refractivity contribution is -0.150. The van der Waals surface area contributed by atoms with E-state index < -0.39 is 0 Å². The minimum absolute atomic E-state index is 0.160. The topological polar surface area (TPSA) is 38.8 Å². The van der Waals surface area contributed by atoms with Crippen LogP contribution < -0.4 is 0 Å². The van der Waals surface area contributed by atoms with Crippen LogP contribution in [-0.2, 0) is 14.3 Å². The summed E-state index contributed by atoms with van der Waals surface area (Å²) in [6, 6.07) is 0. The van der Waals surface area contributed by atoms with Gasteiger partial charge >= 0.3 is 0 Å². The van der Waals surface area contributed by atoms with Crippen molar-refractivity contribution in [3.05, 3.63) is 0 Å². The van der Waals surface area contributed by atoms with E-state index >= 15 is 0 Å². The zero-order chi connectivity index (χ0) is 11.5. The normalized spacial score (nSPS) is 32.8. The molecule has 2 fully saturated rings. The molecule has 2 heterocycles. The Bertz CT molecular complexity index is 241. The van der Waals surface area contributed by atoms with Crippen LogP contribution in [0.5, 0.6) is 0 Å². The average Bonchev–Trinajstić information content (AvgIpc) is 2.28. The van der Waals surface area contributed by atoms with Gasteiger partial charge in [-0.2, -0.15) is 0 Å². The van der Waals surface area contributed by atoms with Crippen LogP contribution in [0.3, 0.4) is 0 Å². The number of morpholine rings is 1. The highest BCUT2D eigenvalue weighted by atomic mass is 16.5. The first-order valence-corrected chi connectivity index (χ1v) is 6.19. The van der Waals surface area contributed by atoms with Crippen LogP contribution in [0, 0.1) is 5.92 Å². The minimum atomic E-state index is 0.160. The van der Waals surface area contributed by atoms with Gasteiger partial charge in [0.2, 0.25) is 5.91 Å². The largest absolute Gasteiger partial charge is 0.381 e. The molecule has 2 atom stereocenters. The van der Waals surface area contributed by atoms with E-state index in [0.717, 1.165) is 39.1 Å². The highest BCUT2D eigenvalue weighted by molar-refractivity contribution is 5.79. The predicted molar refractivity (Wildman–Crippen MR) is 60.1 cm³/mol. The molecule has 1 amide bonds. The highest BCUT2D eigenvalue weighted by Gasteiger charge is 2.31. The van der Waals surface area contributed by atoms with Crippen LogP contribution in [0.1, 0.15) is 26.7 Å². The predicted octanol–water partition coefficient (Wildman–Crippen LogP) is 1.05. The second-order valence-corrected chi connectivity index (χ2v) is 4.89. The van der Waals surface area contributed by atoms with E-state index in [9.17, 15) is 4.79 Å². The second-order valence-electron chi connectivity index (χ2n) is 4.89. The first kappa shape index (κ1) is 11.9. The molecule has 0 bridgehead atoms. The third kappa shape index (κ3) is 2.74. The van der Waals surface area contributed by atoms with E-state index in [-0.39, 0.29) is 18.1 Å². The van der Waals surface area contributed by atoms with Crippen molar-refractivity contribution in [1.82, 2.24) is 4.90 Å². The maximum absolute atomic E-state index is 12.3. The Kier molecular flexibility index (Phi) is 3.82. The Hall–Kier alpha value is -0.610. The van der Waals surface area contributed by atoms with Crippen molar-refractivity contribution >= 4 is 5.91 Å². The molecule has 0 saturated carbocycles. The van der Waals surface area contributed by atoms with Crippen molar-refractivity contribution < 1.29 is 14.3 Å². The molecule has 0 radical (unpaired) electrons. The molecule has 2 saturated heterocycles. The standard InChI is InChI=1S/C12H21NO3/c1-9-7-13(8-10(2)16-9)12(14)11-3-5-15-6-4-11/h9-11H,3-8H2,1-2H3. The second kappa shape index (κ2) is 5.15. The summed E-state index contributed by atoms with van der Waals surface area (Å²) in [7, 11) is 0. The summed E-state index contributed by atoms with van der Waals surface area (Å²) in [5.41, 5.74) is 0. The molecule has 2 aliphatic rings. The van der Waals surface area contributed by atoms with E-state index in [0.29, 0.717) is 5.91 Å². The van der Waals surface area contributed by atoms with Crippen LogP contribution in [0.2, 0.25) is 0 Å². The highest BCUT2D eigenvalue weighted by Crippen LogP contribution is 2.20. The molecule has 92 valence electrons. The summed E-state index contributed by atoms with van der Waals surface area (Å²) < 4.78 is 10.9. The molecule has 2 unspecified atom stereocenters. The lowest BCUT2D eigenvalue weighted by atomic mass is 9.98. The Morgan fingerprint density at radius 2 is 1.69 bits per heavy atom. The molecule has 16 heavy (non-hydrogen) atoms. The van der Waals surface area contributed by atoms with Crippen LogP contribution in [0.25, 0.3) is 0 Å². The minimum Gasteiger partial charge on any atom is -0.381 e. The molecule has 0 aromatic carbocycles. The van der Waals surface area contributed by atoms with Crippen molar-refractivity contribution in [3.63, 3.8) is 0 Å². The maximum Gasteiger partial charge on any atom is 0.226 e. The summed E-state index contributed by atoms with van der Waals surface area (Å²) in [5.74, 6) is 0.469. The Balaban J connectivity index is 1.92.